The van der Waals surface area contributed by atoms with E-state index in [1.54, 1.807) is 5.06 Å². The number of nitrogens with zero attached hydrogens (tertiary/aromatic N) is 1. The minimum atomic E-state index is -0.109. The summed E-state index contributed by atoms with van der Waals surface area (Å²) < 4.78 is 0. The smallest absolute Gasteiger partial charge is 0.325 e. The Morgan fingerprint density at radius 1 is 0.800 bits per heavy atom. The summed E-state index contributed by atoms with van der Waals surface area (Å²) in [6, 6.07) is 0. The van der Waals surface area contributed by atoms with Crippen molar-refractivity contribution in [1.82, 2.24) is 5.06 Å². The van der Waals surface area contributed by atoms with Gasteiger partial charge in [-0.2, -0.15) is 0 Å². The van der Waals surface area contributed by atoms with Crippen molar-refractivity contribution in [3.63, 3.8) is 0 Å². The van der Waals surface area contributed by atoms with Gasteiger partial charge in [0.25, 0.3) is 0 Å². The molecule has 120 valence electrons. The number of hydrogen-bond donors (Lipinski definition) is 0. The summed E-state index contributed by atoms with van der Waals surface area (Å²) in [5.41, 5.74) is 0. The quantitative estimate of drug-likeness (QED) is 0.328. The normalized spacial score (nSPS) is 11.0. The van der Waals surface area contributed by atoms with Gasteiger partial charge in [-0.3, -0.25) is 4.79 Å². The molecule has 0 spiro atoms. The van der Waals surface area contributed by atoms with Gasteiger partial charge in [0.15, 0.2) is 0 Å². The fourth-order valence-electron chi connectivity index (χ4n) is 2.29. The predicted molar refractivity (Wildman–Crippen MR) is 85.5 cm³/mol. The van der Waals surface area contributed by atoms with E-state index in [1.165, 1.54) is 57.8 Å². The number of rotatable bonds is 14. The first kappa shape index (κ1) is 19.4. The zero-order valence-electron chi connectivity index (χ0n) is 14.0. The molecule has 0 rings (SSSR count). The molecular weight excluding hydrogens is 250 g/mol. The first-order valence-electron chi connectivity index (χ1n) is 8.62. The van der Waals surface area contributed by atoms with E-state index in [0.29, 0.717) is 6.42 Å². The van der Waals surface area contributed by atoms with Crippen LogP contribution in [0.25, 0.3) is 0 Å². The van der Waals surface area contributed by atoms with E-state index >= 15 is 0 Å². The molecule has 0 N–H and O–H groups in total. The Labute approximate surface area is 126 Å². The first-order chi connectivity index (χ1) is 9.70. The molecule has 0 amide bonds. The molecule has 0 aromatic rings. The van der Waals surface area contributed by atoms with Crippen LogP contribution in [0, 0.1) is 0 Å². The largest absolute Gasteiger partial charge is 0.368 e. The second-order valence-corrected chi connectivity index (χ2v) is 5.75. The molecule has 0 fully saturated rings. The van der Waals surface area contributed by atoms with Gasteiger partial charge in [0.05, 0.1) is 0 Å². The third-order valence-corrected chi connectivity index (χ3v) is 3.54. The number of carbonyl (C=O) groups is 1. The molecule has 0 unspecified atom stereocenters. The van der Waals surface area contributed by atoms with Crippen LogP contribution in [0.5, 0.6) is 0 Å². The Morgan fingerprint density at radius 3 is 1.80 bits per heavy atom. The van der Waals surface area contributed by atoms with Gasteiger partial charge in [-0.05, 0) is 12.8 Å². The number of carbonyl (C=O) groups excluding carboxylic acids is 1. The van der Waals surface area contributed by atoms with Gasteiger partial charge in [0.1, 0.15) is 0 Å². The molecule has 0 radical (unpaired) electrons. The topological polar surface area (TPSA) is 29.5 Å². The van der Waals surface area contributed by atoms with Crippen LogP contribution in [0.1, 0.15) is 90.9 Å². The Kier molecular flexibility index (Phi) is 14.4. The van der Waals surface area contributed by atoms with Gasteiger partial charge in [0, 0.05) is 20.0 Å². The zero-order valence-corrected chi connectivity index (χ0v) is 14.0. The second-order valence-electron chi connectivity index (χ2n) is 5.75. The van der Waals surface area contributed by atoms with E-state index in [2.05, 4.69) is 6.92 Å². The van der Waals surface area contributed by atoms with E-state index in [9.17, 15) is 4.79 Å². The highest BCUT2D eigenvalue weighted by molar-refractivity contribution is 5.68. The van der Waals surface area contributed by atoms with E-state index in [-0.39, 0.29) is 5.97 Å². The lowest BCUT2D eigenvalue weighted by Gasteiger charge is -2.15. The molecule has 0 aliphatic heterocycles. The molecule has 0 bridgehead atoms. The van der Waals surface area contributed by atoms with Crippen LogP contribution in [-0.4, -0.2) is 24.6 Å². The molecular formula is C17H35NO2. The van der Waals surface area contributed by atoms with E-state index in [1.807, 2.05) is 14.0 Å². The van der Waals surface area contributed by atoms with Crippen molar-refractivity contribution in [2.75, 3.05) is 13.6 Å². The molecule has 20 heavy (non-hydrogen) atoms. The Morgan fingerprint density at radius 2 is 1.30 bits per heavy atom. The molecule has 3 heteroatoms. The third-order valence-electron chi connectivity index (χ3n) is 3.54. The van der Waals surface area contributed by atoms with Crippen molar-refractivity contribution in [1.29, 1.82) is 0 Å². The van der Waals surface area contributed by atoms with Crippen LogP contribution in [0.4, 0.5) is 0 Å². The number of unbranched alkanes of at least 4 members (excludes halogenated alkanes) is 9. The highest BCUT2D eigenvalue weighted by Crippen LogP contribution is 2.10. The Bertz CT molecular complexity index is 219. The van der Waals surface area contributed by atoms with Gasteiger partial charge in [-0.15, -0.1) is 5.06 Å². The maximum Gasteiger partial charge on any atom is 0.325 e. The zero-order chi connectivity index (χ0) is 15.1. The summed E-state index contributed by atoms with van der Waals surface area (Å²) >= 11 is 0. The van der Waals surface area contributed by atoms with Crippen molar-refractivity contribution in [2.24, 2.45) is 0 Å². The summed E-state index contributed by atoms with van der Waals surface area (Å²) in [7, 11) is 1.85. The SMILES string of the molecule is CCCCCCCCCCCCN(C)OC(=O)CCC. The predicted octanol–water partition coefficient (Wildman–Crippen LogP) is 5.10. The third kappa shape index (κ3) is 13.9. The van der Waals surface area contributed by atoms with Crippen LogP contribution in [0.2, 0.25) is 0 Å². The van der Waals surface area contributed by atoms with Crippen LogP contribution >= 0.6 is 0 Å². The van der Waals surface area contributed by atoms with Gasteiger partial charge >= 0.3 is 5.97 Å². The van der Waals surface area contributed by atoms with Crippen molar-refractivity contribution in [3.05, 3.63) is 0 Å². The molecule has 0 aromatic heterocycles. The molecule has 0 atom stereocenters. The highest BCUT2D eigenvalue weighted by Gasteiger charge is 2.05. The maximum absolute atomic E-state index is 11.3. The summed E-state index contributed by atoms with van der Waals surface area (Å²) in [5, 5.41) is 1.68. The maximum atomic E-state index is 11.3. The van der Waals surface area contributed by atoms with Crippen LogP contribution in [0.15, 0.2) is 0 Å². The lowest BCUT2D eigenvalue weighted by Crippen LogP contribution is -2.24. The monoisotopic (exact) mass is 285 g/mol. The number of hydrogen-bond acceptors (Lipinski definition) is 3. The molecule has 0 saturated heterocycles. The fourth-order valence-corrected chi connectivity index (χ4v) is 2.29. The molecule has 0 aromatic carbocycles. The van der Waals surface area contributed by atoms with Gasteiger partial charge in [-0.1, -0.05) is 71.6 Å². The average molecular weight is 285 g/mol. The van der Waals surface area contributed by atoms with Gasteiger partial charge in [0.2, 0.25) is 0 Å². The second kappa shape index (κ2) is 14.8. The Balaban J connectivity index is 3.21. The molecule has 0 aliphatic carbocycles. The van der Waals surface area contributed by atoms with Crippen molar-refractivity contribution in [2.45, 2.75) is 90.9 Å². The minimum Gasteiger partial charge on any atom is -0.368 e. The summed E-state index contributed by atoms with van der Waals surface area (Å²) in [4.78, 5) is 16.4. The van der Waals surface area contributed by atoms with Gasteiger partial charge in [-0.25, -0.2) is 0 Å². The average Bonchev–Trinajstić information content (AvgIpc) is 2.41. The van der Waals surface area contributed by atoms with Crippen molar-refractivity contribution in [3.8, 4) is 0 Å². The lowest BCUT2D eigenvalue weighted by molar-refractivity contribution is -0.184. The van der Waals surface area contributed by atoms with Crippen molar-refractivity contribution >= 4 is 5.97 Å². The molecule has 0 saturated carbocycles. The molecule has 0 heterocycles. The van der Waals surface area contributed by atoms with Crippen LogP contribution in [-0.2, 0) is 9.63 Å². The van der Waals surface area contributed by atoms with E-state index in [4.69, 9.17) is 4.84 Å². The minimum absolute atomic E-state index is 0.109. The molecule has 0 aliphatic rings. The Hall–Kier alpha value is -0.570. The van der Waals surface area contributed by atoms with Crippen LogP contribution < -0.4 is 0 Å². The summed E-state index contributed by atoms with van der Waals surface area (Å²) in [6.45, 7) is 5.10. The highest BCUT2D eigenvalue weighted by atomic mass is 16.7. The summed E-state index contributed by atoms with van der Waals surface area (Å²) in [5.74, 6) is -0.109. The van der Waals surface area contributed by atoms with E-state index < -0.39 is 0 Å². The fraction of sp³-hybridized carbons (Fsp3) is 0.941. The summed E-state index contributed by atoms with van der Waals surface area (Å²) in [6.07, 6.45) is 14.7. The van der Waals surface area contributed by atoms with Crippen LogP contribution in [0.3, 0.4) is 0 Å². The lowest BCUT2D eigenvalue weighted by atomic mass is 10.1. The van der Waals surface area contributed by atoms with E-state index in [0.717, 1.165) is 19.4 Å². The van der Waals surface area contributed by atoms with Gasteiger partial charge < -0.3 is 4.84 Å². The number of hydroxylamine groups is 2. The standard InChI is InChI=1S/C17H35NO2/c1-4-6-7-8-9-10-11-12-13-14-16-18(3)20-17(19)15-5-2/h4-16H2,1-3H3. The molecule has 3 nitrogen and oxygen atoms in total. The van der Waals surface area contributed by atoms with Crippen molar-refractivity contribution < 1.29 is 9.63 Å². The first-order valence-corrected chi connectivity index (χ1v) is 8.62.